The molecule has 0 nitrogen and oxygen atoms in total. The van der Waals surface area contributed by atoms with Crippen molar-refractivity contribution in [1.82, 2.24) is 0 Å². The lowest BCUT2D eigenvalue weighted by molar-refractivity contribution is 0.656. The van der Waals surface area contributed by atoms with E-state index in [2.05, 4.69) is 27.7 Å². The molecule has 20 heavy (non-hydrogen) atoms. The molecule has 0 rings (SSSR count). The van der Waals surface area contributed by atoms with E-state index in [1.807, 2.05) is 0 Å². The number of unbranched alkanes of at least 4 members (excludes halogenated alkanes) is 8. The predicted molar refractivity (Wildman–Crippen MR) is 109 cm³/mol. The van der Waals surface area contributed by atoms with Crippen molar-refractivity contribution in [2.75, 3.05) is 0 Å². The Morgan fingerprint density at radius 2 is 0.450 bits per heavy atom. The van der Waals surface area contributed by atoms with Gasteiger partial charge >= 0.3 is 0 Å². The quantitative estimate of drug-likeness (QED) is 0.391. The average molecular weight is 297 g/mol. The fourth-order valence-corrected chi connectivity index (χ4v) is 1.35. The Hall–Kier alpha value is 0. The van der Waals surface area contributed by atoms with Gasteiger partial charge in [-0.25, -0.2) is 0 Å². The molecular weight excluding hydrogens is 240 g/mol. The van der Waals surface area contributed by atoms with Crippen LogP contribution in [0.4, 0.5) is 0 Å². The summed E-state index contributed by atoms with van der Waals surface area (Å²) in [6.07, 6.45) is 14.0. The first-order valence-corrected chi connectivity index (χ1v) is 6.83. The summed E-state index contributed by atoms with van der Waals surface area (Å²) in [6.45, 7) is 8.98. The Balaban J connectivity index is -0.0000000185. The SMILES string of the molecule is C.C.C.C.C.C.CCCCCCC.CCCCCCC. The van der Waals surface area contributed by atoms with Crippen molar-refractivity contribution < 1.29 is 0 Å². The van der Waals surface area contributed by atoms with Gasteiger partial charge in [-0.1, -0.05) is 136 Å². The standard InChI is InChI=1S/2C7H16.6CH4/c2*1-3-5-7-6-4-2;;;;;;/h2*3-7H2,1-2H3;6*1H4. The molecule has 0 spiro atoms. The summed E-state index contributed by atoms with van der Waals surface area (Å²) in [5.74, 6) is 0. The molecular formula is C20H56. The van der Waals surface area contributed by atoms with Crippen molar-refractivity contribution in [1.29, 1.82) is 0 Å². The molecule has 0 fully saturated rings. The van der Waals surface area contributed by atoms with E-state index in [4.69, 9.17) is 0 Å². The monoisotopic (exact) mass is 296 g/mol. The average Bonchev–Trinajstić information content (AvgIpc) is 2.21. The lowest BCUT2D eigenvalue weighted by atomic mass is 10.2. The molecule has 0 saturated carbocycles. The zero-order valence-electron chi connectivity index (χ0n) is 11.1. The number of hydrogen-bond acceptors (Lipinski definition) is 0. The van der Waals surface area contributed by atoms with Crippen LogP contribution < -0.4 is 0 Å². The molecule has 0 atom stereocenters. The molecule has 0 heteroatoms. The Kier molecular flexibility index (Phi) is 154. The maximum Gasteiger partial charge on any atom is -0.0533 e. The highest BCUT2D eigenvalue weighted by Crippen LogP contribution is 2.00. The molecule has 136 valence electrons. The normalized spacial score (nSPS) is 6.60. The fourth-order valence-electron chi connectivity index (χ4n) is 1.35. The van der Waals surface area contributed by atoms with E-state index in [0.29, 0.717) is 0 Å². The predicted octanol–water partition coefficient (Wildman–Crippen LogP) is 9.77. The lowest BCUT2D eigenvalue weighted by Crippen LogP contribution is -1.70. The van der Waals surface area contributed by atoms with Gasteiger partial charge in [-0.3, -0.25) is 0 Å². The third kappa shape index (κ3) is 81.3. The molecule has 0 aromatic carbocycles. The molecule has 0 bridgehead atoms. The molecule has 0 radical (unpaired) electrons. The van der Waals surface area contributed by atoms with Gasteiger partial charge < -0.3 is 0 Å². The summed E-state index contributed by atoms with van der Waals surface area (Å²) < 4.78 is 0. The van der Waals surface area contributed by atoms with Gasteiger partial charge in [-0.2, -0.15) is 0 Å². The van der Waals surface area contributed by atoms with E-state index in [-0.39, 0.29) is 44.6 Å². The Bertz CT molecular complexity index is 48.4. The summed E-state index contributed by atoms with van der Waals surface area (Å²) in [4.78, 5) is 0. The first kappa shape index (κ1) is 50.1. The first-order valence-electron chi connectivity index (χ1n) is 6.83. The van der Waals surface area contributed by atoms with Crippen LogP contribution in [0.3, 0.4) is 0 Å². The van der Waals surface area contributed by atoms with E-state index >= 15 is 0 Å². The van der Waals surface area contributed by atoms with Gasteiger partial charge in [-0.15, -0.1) is 0 Å². The molecule has 0 heterocycles. The maximum absolute atomic E-state index is 2.25. The highest BCUT2D eigenvalue weighted by molar-refractivity contribution is 4.36. The van der Waals surface area contributed by atoms with Gasteiger partial charge in [0, 0.05) is 0 Å². The van der Waals surface area contributed by atoms with Crippen LogP contribution in [-0.4, -0.2) is 0 Å². The Morgan fingerprint density at radius 1 is 0.300 bits per heavy atom. The minimum absolute atomic E-state index is 0. The minimum atomic E-state index is 0. The van der Waals surface area contributed by atoms with Gasteiger partial charge in [0.25, 0.3) is 0 Å². The fraction of sp³-hybridized carbons (Fsp3) is 1.00. The lowest BCUT2D eigenvalue weighted by Gasteiger charge is -1.90. The molecule has 0 amide bonds. The van der Waals surface area contributed by atoms with Crippen LogP contribution in [0, 0.1) is 0 Å². The molecule has 0 aliphatic rings. The van der Waals surface area contributed by atoms with Crippen molar-refractivity contribution in [3.05, 3.63) is 0 Å². The summed E-state index contributed by atoms with van der Waals surface area (Å²) >= 11 is 0. The van der Waals surface area contributed by atoms with Crippen LogP contribution in [0.5, 0.6) is 0 Å². The number of hydrogen-bond donors (Lipinski definition) is 0. The topological polar surface area (TPSA) is 0 Å². The van der Waals surface area contributed by atoms with E-state index < -0.39 is 0 Å². The van der Waals surface area contributed by atoms with Gasteiger partial charge in [0.1, 0.15) is 0 Å². The Labute approximate surface area is 137 Å². The first-order chi connectivity index (χ1) is 6.83. The smallest absolute Gasteiger partial charge is 0.0533 e. The summed E-state index contributed by atoms with van der Waals surface area (Å²) in [6, 6.07) is 0. The highest BCUT2D eigenvalue weighted by Gasteiger charge is 1.80. The second-order valence-corrected chi connectivity index (χ2v) is 4.12. The van der Waals surface area contributed by atoms with Crippen molar-refractivity contribution in [3.63, 3.8) is 0 Å². The van der Waals surface area contributed by atoms with Gasteiger partial charge in [0.2, 0.25) is 0 Å². The molecule has 0 N–H and O–H groups in total. The van der Waals surface area contributed by atoms with Crippen LogP contribution in [0.15, 0.2) is 0 Å². The van der Waals surface area contributed by atoms with Crippen LogP contribution >= 0.6 is 0 Å². The van der Waals surface area contributed by atoms with Crippen molar-refractivity contribution in [3.8, 4) is 0 Å². The molecule has 0 aromatic heterocycles. The molecule has 0 unspecified atom stereocenters. The summed E-state index contributed by atoms with van der Waals surface area (Å²) in [5, 5.41) is 0. The zero-order valence-corrected chi connectivity index (χ0v) is 11.1. The van der Waals surface area contributed by atoms with Gasteiger partial charge in [0.05, 0.1) is 0 Å². The van der Waals surface area contributed by atoms with Crippen molar-refractivity contribution >= 4 is 0 Å². The second kappa shape index (κ2) is 61.6. The van der Waals surface area contributed by atoms with Crippen molar-refractivity contribution in [2.24, 2.45) is 0 Å². The van der Waals surface area contributed by atoms with Crippen LogP contribution in [0.1, 0.15) is 136 Å². The minimum Gasteiger partial charge on any atom is -0.0776 e. The second-order valence-electron chi connectivity index (χ2n) is 4.12. The third-order valence-corrected chi connectivity index (χ3v) is 2.41. The largest absolute Gasteiger partial charge is 0.0776 e. The number of rotatable bonds is 8. The Morgan fingerprint density at radius 3 is 0.550 bits per heavy atom. The highest BCUT2D eigenvalue weighted by atomic mass is 13.9. The van der Waals surface area contributed by atoms with Crippen LogP contribution in [0.25, 0.3) is 0 Å². The molecule has 0 saturated heterocycles. The van der Waals surface area contributed by atoms with Crippen LogP contribution in [-0.2, 0) is 0 Å². The molecule has 0 aliphatic carbocycles. The van der Waals surface area contributed by atoms with E-state index in [1.54, 1.807) is 0 Å². The zero-order chi connectivity index (χ0) is 11.1. The third-order valence-electron chi connectivity index (χ3n) is 2.41. The van der Waals surface area contributed by atoms with E-state index in [0.717, 1.165) is 0 Å². The van der Waals surface area contributed by atoms with Gasteiger partial charge in [-0.05, 0) is 0 Å². The molecule has 0 aliphatic heterocycles. The van der Waals surface area contributed by atoms with Crippen molar-refractivity contribution in [2.45, 2.75) is 136 Å². The van der Waals surface area contributed by atoms with E-state index in [9.17, 15) is 0 Å². The van der Waals surface area contributed by atoms with Gasteiger partial charge in [0.15, 0.2) is 0 Å². The van der Waals surface area contributed by atoms with E-state index in [1.165, 1.54) is 64.2 Å². The van der Waals surface area contributed by atoms with Crippen LogP contribution in [0.2, 0.25) is 0 Å². The molecule has 0 aromatic rings. The maximum atomic E-state index is 2.25. The summed E-state index contributed by atoms with van der Waals surface area (Å²) in [7, 11) is 0. The summed E-state index contributed by atoms with van der Waals surface area (Å²) in [5.41, 5.74) is 0.